The Labute approximate surface area is 163 Å². The first kappa shape index (κ1) is 18.3. The number of aryl methyl sites for hydroxylation is 1. The number of sulfonamides is 1. The molecule has 6 nitrogen and oxygen atoms in total. The fourth-order valence-corrected chi connectivity index (χ4v) is 4.32. The van der Waals surface area contributed by atoms with Crippen molar-refractivity contribution in [3.8, 4) is 0 Å². The predicted octanol–water partition coefficient (Wildman–Crippen LogP) is 3.17. The van der Waals surface area contributed by atoms with Crippen LogP contribution in [0.2, 0.25) is 0 Å². The first-order valence-corrected chi connectivity index (χ1v) is 10.4. The van der Waals surface area contributed by atoms with Crippen molar-refractivity contribution in [3.05, 3.63) is 84.2 Å². The van der Waals surface area contributed by atoms with E-state index >= 15 is 0 Å². The van der Waals surface area contributed by atoms with Crippen molar-refractivity contribution in [2.24, 2.45) is 0 Å². The molecule has 1 N–H and O–H groups in total. The van der Waals surface area contributed by atoms with Gasteiger partial charge in [-0.15, -0.1) is 0 Å². The molecule has 3 aromatic rings. The molecule has 0 fully saturated rings. The predicted molar refractivity (Wildman–Crippen MR) is 107 cm³/mol. The number of hydrogen-bond acceptors (Lipinski definition) is 4. The van der Waals surface area contributed by atoms with Crippen molar-refractivity contribution >= 4 is 27.3 Å². The standard InChI is InChI=1S/C21H19N3O3S/c25-21-11-9-17-13-16(14-23-28(26,27)19-6-2-1-3-7-19)8-10-20(17)24(21)18-5-4-12-22-15-18/h1-8,10,12-13,15,23H,9,11,14H2. The minimum absolute atomic E-state index is 0.0260. The van der Waals surface area contributed by atoms with E-state index in [0.717, 1.165) is 22.5 Å². The average Bonchev–Trinajstić information content (AvgIpc) is 2.73. The Kier molecular flexibility index (Phi) is 4.93. The van der Waals surface area contributed by atoms with Crippen LogP contribution in [0.3, 0.4) is 0 Å². The van der Waals surface area contributed by atoms with Crippen molar-refractivity contribution in [2.75, 3.05) is 4.90 Å². The summed E-state index contributed by atoms with van der Waals surface area (Å²) in [5, 5.41) is 0. The van der Waals surface area contributed by atoms with Crippen LogP contribution in [0.5, 0.6) is 0 Å². The number of carbonyl (C=O) groups excluding carboxylic acids is 1. The van der Waals surface area contributed by atoms with E-state index in [1.807, 2.05) is 24.3 Å². The lowest BCUT2D eigenvalue weighted by Crippen LogP contribution is -2.31. The Morgan fingerprint density at radius 1 is 1.00 bits per heavy atom. The summed E-state index contributed by atoms with van der Waals surface area (Å²) in [6, 6.07) is 17.6. The van der Waals surface area contributed by atoms with Gasteiger partial charge >= 0.3 is 0 Å². The summed E-state index contributed by atoms with van der Waals surface area (Å²) < 4.78 is 27.4. The van der Waals surface area contributed by atoms with Crippen LogP contribution >= 0.6 is 0 Å². The Morgan fingerprint density at radius 3 is 2.57 bits per heavy atom. The second-order valence-corrected chi connectivity index (χ2v) is 8.31. The van der Waals surface area contributed by atoms with Crippen LogP contribution in [0.15, 0.2) is 78.0 Å². The largest absolute Gasteiger partial charge is 0.279 e. The number of fused-ring (bicyclic) bond motifs is 1. The second kappa shape index (κ2) is 7.53. The van der Waals surface area contributed by atoms with Gasteiger partial charge in [0.2, 0.25) is 15.9 Å². The number of amides is 1. The molecule has 1 aromatic heterocycles. The molecular formula is C21H19N3O3S. The van der Waals surface area contributed by atoms with Gasteiger partial charge in [-0.25, -0.2) is 13.1 Å². The quantitative estimate of drug-likeness (QED) is 0.722. The Morgan fingerprint density at radius 2 is 1.82 bits per heavy atom. The van der Waals surface area contributed by atoms with Crippen molar-refractivity contribution in [3.63, 3.8) is 0 Å². The highest BCUT2D eigenvalue weighted by molar-refractivity contribution is 7.89. The summed E-state index contributed by atoms with van der Waals surface area (Å²) in [6.07, 6.45) is 4.36. The van der Waals surface area contributed by atoms with Crippen molar-refractivity contribution in [2.45, 2.75) is 24.3 Å². The third-order valence-corrected chi connectivity index (χ3v) is 6.08. The van der Waals surface area contributed by atoms with E-state index in [1.165, 1.54) is 0 Å². The van der Waals surface area contributed by atoms with Crippen LogP contribution < -0.4 is 9.62 Å². The minimum Gasteiger partial charge on any atom is -0.279 e. The molecule has 7 heteroatoms. The number of anilines is 2. The number of benzene rings is 2. The molecule has 0 aliphatic carbocycles. The molecule has 142 valence electrons. The van der Waals surface area contributed by atoms with Crippen LogP contribution in [-0.2, 0) is 27.8 Å². The number of nitrogens with one attached hydrogen (secondary N) is 1. The summed E-state index contributed by atoms with van der Waals surface area (Å²) in [7, 11) is -3.57. The van der Waals surface area contributed by atoms with Crippen LogP contribution in [-0.4, -0.2) is 19.3 Å². The van der Waals surface area contributed by atoms with E-state index < -0.39 is 10.0 Å². The van der Waals surface area contributed by atoms with E-state index in [-0.39, 0.29) is 17.3 Å². The highest BCUT2D eigenvalue weighted by atomic mass is 32.2. The van der Waals surface area contributed by atoms with Gasteiger partial charge in [-0.2, -0.15) is 0 Å². The van der Waals surface area contributed by atoms with Gasteiger partial charge in [-0.3, -0.25) is 14.7 Å². The van der Waals surface area contributed by atoms with Crippen LogP contribution in [0.25, 0.3) is 0 Å². The Hall–Kier alpha value is -3.03. The van der Waals surface area contributed by atoms with Gasteiger partial charge in [0.1, 0.15) is 0 Å². The number of hydrogen-bond donors (Lipinski definition) is 1. The summed E-state index contributed by atoms with van der Waals surface area (Å²) in [6.45, 7) is 0.186. The molecular weight excluding hydrogens is 374 g/mol. The maximum Gasteiger partial charge on any atom is 0.240 e. The summed E-state index contributed by atoms with van der Waals surface area (Å²) in [4.78, 5) is 18.5. The van der Waals surface area contributed by atoms with Crippen LogP contribution in [0.4, 0.5) is 11.4 Å². The topological polar surface area (TPSA) is 79.4 Å². The monoisotopic (exact) mass is 393 g/mol. The van der Waals surface area contributed by atoms with Crippen LogP contribution in [0, 0.1) is 0 Å². The van der Waals surface area contributed by atoms with Gasteiger partial charge in [-0.05, 0) is 47.9 Å². The van der Waals surface area contributed by atoms with Crippen LogP contribution in [0.1, 0.15) is 17.5 Å². The number of carbonyl (C=O) groups is 1. The smallest absolute Gasteiger partial charge is 0.240 e. The second-order valence-electron chi connectivity index (χ2n) is 6.54. The van der Waals surface area contributed by atoms with E-state index in [1.54, 1.807) is 53.7 Å². The normalized spacial score (nSPS) is 14.0. The van der Waals surface area contributed by atoms with Gasteiger partial charge < -0.3 is 0 Å². The van der Waals surface area contributed by atoms with Crippen molar-refractivity contribution < 1.29 is 13.2 Å². The third-order valence-electron chi connectivity index (χ3n) is 4.67. The molecule has 1 aliphatic heterocycles. The molecule has 0 atom stereocenters. The molecule has 0 unspecified atom stereocenters. The van der Waals surface area contributed by atoms with Gasteiger partial charge in [0.05, 0.1) is 22.5 Å². The molecule has 0 bridgehead atoms. The van der Waals surface area contributed by atoms with E-state index in [4.69, 9.17) is 0 Å². The zero-order chi connectivity index (χ0) is 19.6. The molecule has 0 spiro atoms. The number of aromatic nitrogens is 1. The molecule has 2 heterocycles. The summed E-state index contributed by atoms with van der Waals surface area (Å²) in [5.41, 5.74) is 3.41. The molecule has 1 amide bonds. The number of nitrogens with zero attached hydrogens (tertiary/aromatic N) is 2. The molecule has 2 aromatic carbocycles. The van der Waals surface area contributed by atoms with Gasteiger partial charge in [0.25, 0.3) is 0 Å². The highest BCUT2D eigenvalue weighted by Crippen LogP contribution is 2.34. The maximum absolute atomic E-state index is 12.5. The summed E-state index contributed by atoms with van der Waals surface area (Å²) >= 11 is 0. The summed E-state index contributed by atoms with van der Waals surface area (Å²) in [5.74, 6) is 0.0260. The number of rotatable bonds is 5. The molecule has 1 aliphatic rings. The third kappa shape index (κ3) is 3.67. The highest BCUT2D eigenvalue weighted by Gasteiger charge is 2.26. The number of pyridine rings is 1. The fraction of sp³-hybridized carbons (Fsp3) is 0.143. The molecule has 28 heavy (non-hydrogen) atoms. The fourth-order valence-electron chi connectivity index (χ4n) is 3.29. The Balaban J connectivity index is 1.57. The lowest BCUT2D eigenvalue weighted by Gasteiger charge is -2.29. The van der Waals surface area contributed by atoms with E-state index in [2.05, 4.69) is 9.71 Å². The molecule has 4 rings (SSSR count). The van der Waals surface area contributed by atoms with E-state index in [9.17, 15) is 13.2 Å². The SMILES string of the molecule is O=C1CCc2cc(CNS(=O)(=O)c3ccccc3)ccc2N1c1cccnc1. The van der Waals surface area contributed by atoms with E-state index in [0.29, 0.717) is 12.8 Å². The first-order chi connectivity index (χ1) is 13.5. The zero-order valence-electron chi connectivity index (χ0n) is 15.1. The average molecular weight is 393 g/mol. The van der Waals surface area contributed by atoms with Gasteiger partial charge in [0, 0.05) is 19.2 Å². The lowest BCUT2D eigenvalue weighted by atomic mass is 9.98. The first-order valence-electron chi connectivity index (χ1n) is 8.94. The van der Waals surface area contributed by atoms with Crippen molar-refractivity contribution in [1.82, 2.24) is 9.71 Å². The van der Waals surface area contributed by atoms with Gasteiger partial charge in [-0.1, -0.05) is 30.3 Å². The maximum atomic E-state index is 12.5. The molecule has 0 saturated carbocycles. The lowest BCUT2D eigenvalue weighted by molar-refractivity contribution is -0.118. The van der Waals surface area contributed by atoms with Crippen molar-refractivity contribution in [1.29, 1.82) is 0 Å². The molecule has 0 radical (unpaired) electrons. The minimum atomic E-state index is -3.57. The zero-order valence-corrected chi connectivity index (χ0v) is 15.9. The Bertz CT molecular complexity index is 1100. The molecule has 0 saturated heterocycles. The van der Waals surface area contributed by atoms with Gasteiger partial charge in [0.15, 0.2) is 0 Å².